The fourth-order valence-corrected chi connectivity index (χ4v) is 2.64. The highest BCUT2D eigenvalue weighted by molar-refractivity contribution is 9.11. The van der Waals surface area contributed by atoms with Crippen LogP contribution in [0, 0.1) is 0 Å². The molecule has 0 saturated heterocycles. The van der Waals surface area contributed by atoms with Gasteiger partial charge in [-0.3, -0.25) is 0 Å². The molecule has 1 N–H and O–H groups in total. The molecule has 0 aliphatic rings. The summed E-state index contributed by atoms with van der Waals surface area (Å²) in [6.45, 7) is 9.72. The first-order valence-electron chi connectivity index (χ1n) is 5.53. The van der Waals surface area contributed by atoms with Gasteiger partial charge in [-0.05, 0) is 60.8 Å². The van der Waals surface area contributed by atoms with E-state index in [0.717, 1.165) is 19.6 Å². The van der Waals surface area contributed by atoms with Crippen LogP contribution in [-0.4, -0.2) is 30.6 Å². The number of halogens is 1. The summed E-state index contributed by atoms with van der Waals surface area (Å²) in [7, 11) is 2.16. The molecule has 1 rings (SSSR count). The monoisotopic (exact) mass is 304 g/mol. The summed E-state index contributed by atoms with van der Waals surface area (Å²) in [5.74, 6) is 0. The Kier molecular flexibility index (Phi) is 5.44. The molecule has 0 aliphatic heterocycles. The zero-order valence-corrected chi connectivity index (χ0v) is 12.9. The lowest BCUT2D eigenvalue weighted by Gasteiger charge is -2.23. The molecule has 0 aromatic carbocycles. The van der Waals surface area contributed by atoms with E-state index in [-0.39, 0.29) is 5.54 Å². The first kappa shape index (κ1) is 14.2. The van der Waals surface area contributed by atoms with Gasteiger partial charge in [0.05, 0.1) is 3.79 Å². The summed E-state index contributed by atoms with van der Waals surface area (Å²) in [6.07, 6.45) is 0. The van der Waals surface area contributed by atoms with Crippen LogP contribution in [0.4, 0.5) is 0 Å². The van der Waals surface area contributed by atoms with E-state index in [0.29, 0.717) is 0 Å². The smallest absolute Gasteiger partial charge is 0.0701 e. The van der Waals surface area contributed by atoms with Gasteiger partial charge in [0.15, 0.2) is 0 Å². The van der Waals surface area contributed by atoms with Crippen molar-refractivity contribution in [2.45, 2.75) is 32.9 Å². The van der Waals surface area contributed by atoms with Crippen molar-refractivity contribution >= 4 is 27.3 Å². The molecule has 0 fully saturated rings. The Morgan fingerprint density at radius 3 is 2.62 bits per heavy atom. The molecule has 0 saturated carbocycles. The van der Waals surface area contributed by atoms with Crippen molar-refractivity contribution in [3.63, 3.8) is 0 Å². The van der Waals surface area contributed by atoms with Crippen LogP contribution < -0.4 is 5.32 Å². The fourth-order valence-electron chi connectivity index (χ4n) is 1.44. The third kappa shape index (κ3) is 5.99. The van der Waals surface area contributed by atoms with Crippen LogP contribution in [0.25, 0.3) is 0 Å². The molecule has 0 aliphatic carbocycles. The molecule has 16 heavy (non-hydrogen) atoms. The van der Waals surface area contributed by atoms with Crippen LogP contribution in [-0.2, 0) is 6.54 Å². The highest BCUT2D eigenvalue weighted by Crippen LogP contribution is 2.21. The summed E-state index contributed by atoms with van der Waals surface area (Å²) in [5, 5.41) is 5.70. The van der Waals surface area contributed by atoms with Gasteiger partial charge in [-0.25, -0.2) is 0 Å². The number of likely N-dealkylation sites (N-methyl/N-ethyl adjacent to an activating group) is 1. The minimum Gasteiger partial charge on any atom is -0.311 e. The molecule has 92 valence electrons. The van der Waals surface area contributed by atoms with Gasteiger partial charge in [0.1, 0.15) is 0 Å². The molecule has 0 atom stereocenters. The molecule has 1 aromatic heterocycles. The lowest BCUT2D eigenvalue weighted by Crippen LogP contribution is -2.40. The Labute approximate surface area is 111 Å². The summed E-state index contributed by atoms with van der Waals surface area (Å²) in [4.78, 5) is 2.34. The molecule has 0 amide bonds. The Hall–Kier alpha value is 0.100. The standard InChI is InChI=1S/C12H21BrN2S/c1-12(2,3)14-5-6-15(4)8-10-7-11(13)16-9-10/h7,9,14H,5-6,8H2,1-4H3. The predicted octanol–water partition coefficient (Wildman–Crippen LogP) is 3.33. The second-order valence-corrected chi connectivity index (χ2v) is 7.46. The van der Waals surface area contributed by atoms with E-state index >= 15 is 0 Å². The van der Waals surface area contributed by atoms with Crippen molar-refractivity contribution in [3.8, 4) is 0 Å². The van der Waals surface area contributed by atoms with E-state index < -0.39 is 0 Å². The number of hydrogen-bond acceptors (Lipinski definition) is 3. The number of rotatable bonds is 5. The molecule has 2 nitrogen and oxygen atoms in total. The van der Waals surface area contributed by atoms with Crippen LogP contribution in [0.3, 0.4) is 0 Å². The lowest BCUT2D eigenvalue weighted by molar-refractivity contribution is 0.303. The second-order valence-electron chi connectivity index (χ2n) is 5.17. The van der Waals surface area contributed by atoms with Crippen molar-refractivity contribution in [1.82, 2.24) is 10.2 Å². The van der Waals surface area contributed by atoms with Gasteiger partial charge in [0.2, 0.25) is 0 Å². The quantitative estimate of drug-likeness (QED) is 0.897. The zero-order valence-electron chi connectivity index (χ0n) is 10.5. The van der Waals surface area contributed by atoms with Crippen molar-refractivity contribution in [2.24, 2.45) is 0 Å². The molecular weight excluding hydrogens is 284 g/mol. The van der Waals surface area contributed by atoms with Gasteiger partial charge in [0.25, 0.3) is 0 Å². The van der Waals surface area contributed by atoms with Gasteiger partial charge in [0, 0.05) is 25.2 Å². The number of nitrogens with zero attached hydrogens (tertiary/aromatic N) is 1. The number of nitrogens with one attached hydrogen (secondary N) is 1. The SMILES string of the molecule is CN(CCNC(C)(C)C)Cc1csc(Br)c1. The van der Waals surface area contributed by atoms with Crippen LogP contribution >= 0.6 is 27.3 Å². The van der Waals surface area contributed by atoms with Crippen LogP contribution in [0.5, 0.6) is 0 Å². The first-order chi connectivity index (χ1) is 7.37. The van der Waals surface area contributed by atoms with Crippen LogP contribution in [0.2, 0.25) is 0 Å². The normalized spacial score (nSPS) is 12.4. The Balaban J connectivity index is 2.23. The Morgan fingerprint density at radius 2 is 2.12 bits per heavy atom. The van der Waals surface area contributed by atoms with E-state index in [1.807, 2.05) is 0 Å². The van der Waals surface area contributed by atoms with Gasteiger partial charge in [-0.2, -0.15) is 0 Å². The maximum atomic E-state index is 3.50. The van der Waals surface area contributed by atoms with E-state index in [9.17, 15) is 0 Å². The molecule has 1 heterocycles. The average molecular weight is 305 g/mol. The molecule has 0 spiro atoms. The van der Waals surface area contributed by atoms with Gasteiger partial charge >= 0.3 is 0 Å². The van der Waals surface area contributed by atoms with Crippen molar-refractivity contribution in [1.29, 1.82) is 0 Å². The Morgan fingerprint density at radius 1 is 1.44 bits per heavy atom. The van der Waals surface area contributed by atoms with E-state index in [1.54, 1.807) is 11.3 Å². The summed E-state index contributed by atoms with van der Waals surface area (Å²) in [6, 6.07) is 2.19. The molecule has 0 radical (unpaired) electrons. The Bertz CT molecular complexity index is 317. The third-order valence-electron chi connectivity index (χ3n) is 2.22. The molecule has 1 aromatic rings. The molecular formula is C12H21BrN2S. The predicted molar refractivity (Wildman–Crippen MR) is 76.1 cm³/mol. The zero-order chi connectivity index (χ0) is 12.2. The maximum absolute atomic E-state index is 3.50. The highest BCUT2D eigenvalue weighted by Gasteiger charge is 2.08. The van der Waals surface area contributed by atoms with Crippen LogP contribution in [0.1, 0.15) is 26.3 Å². The average Bonchev–Trinajstić information content (AvgIpc) is 2.48. The first-order valence-corrected chi connectivity index (χ1v) is 7.20. The minimum absolute atomic E-state index is 0.215. The van der Waals surface area contributed by atoms with Crippen molar-refractivity contribution in [3.05, 3.63) is 20.8 Å². The summed E-state index contributed by atoms with van der Waals surface area (Å²) >= 11 is 5.24. The fraction of sp³-hybridized carbons (Fsp3) is 0.667. The number of hydrogen-bond donors (Lipinski definition) is 1. The van der Waals surface area contributed by atoms with Crippen molar-refractivity contribution in [2.75, 3.05) is 20.1 Å². The lowest BCUT2D eigenvalue weighted by atomic mass is 10.1. The number of thiophene rings is 1. The third-order valence-corrected chi connectivity index (χ3v) is 3.78. The van der Waals surface area contributed by atoms with E-state index in [4.69, 9.17) is 0 Å². The van der Waals surface area contributed by atoms with E-state index in [1.165, 1.54) is 9.35 Å². The van der Waals surface area contributed by atoms with E-state index in [2.05, 4.69) is 65.4 Å². The molecule has 4 heteroatoms. The topological polar surface area (TPSA) is 15.3 Å². The second kappa shape index (κ2) is 6.15. The van der Waals surface area contributed by atoms with Gasteiger partial charge in [-0.15, -0.1) is 11.3 Å². The highest BCUT2D eigenvalue weighted by atomic mass is 79.9. The summed E-state index contributed by atoms with van der Waals surface area (Å²) < 4.78 is 1.21. The van der Waals surface area contributed by atoms with Crippen LogP contribution in [0.15, 0.2) is 15.2 Å². The largest absolute Gasteiger partial charge is 0.311 e. The summed E-state index contributed by atoms with van der Waals surface area (Å²) in [5.41, 5.74) is 1.60. The minimum atomic E-state index is 0.215. The maximum Gasteiger partial charge on any atom is 0.0701 e. The van der Waals surface area contributed by atoms with Gasteiger partial charge < -0.3 is 10.2 Å². The molecule has 0 bridgehead atoms. The molecule has 0 unspecified atom stereocenters. The van der Waals surface area contributed by atoms with Gasteiger partial charge in [-0.1, -0.05) is 0 Å². The van der Waals surface area contributed by atoms with Crippen molar-refractivity contribution < 1.29 is 0 Å².